The van der Waals surface area contributed by atoms with Gasteiger partial charge in [0, 0.05) is 48.1 Å². The van der Waals surface area contributed by atoms with Gasteiger partial charge in [-0.25, -0.2) is 0 Å². The van der Waals surface area contributed by atoms with Crippen LogP contribution < -0.4 is 0 Å². The van der Waals surface area contributed by atoms with Crippen LogP contribution in [0.25, 0.3) is 108 Å². The third-order valence-electron chi connectivity index (χ3n) is 11.5. The maximum absolute atomic E-state index is 2.47. The first kappa shape index (κ1) is 30.5. The van der Waals surface area contributed by atoms with Gasteiger partial charge in [-0.2, -0.15) is 0 Å². The van der Waals surface area contributed by atoms with Gasteiger partial charge in [-0.15, -0.1) is 11.3 Å². The van der Waals surface area contributed by atoms with E-state index in [4.69, 9.17) is 0 Å². The molecule has 0 fully saturated rings. The molecule has 0 unspecified atom stereocenters. The van der Waals surface area contributed by atoms with Crippen LogP contribution in [-0.2, 0) is 0 Å². The average Bonchev–Trinajstić information content (AvgIpc) is 3.91. The van der Waals surface area contributed by atoms with Gasteiger partial charge in [-0.3, -0.25) is 0 Å². The van der Waals surface area contributed by atoms with Gasteiger partial charge in [0.1, 0.15) is 0 Å². The molecular formula is C52H32N2S. The predicted octanol–water partition coefficient (Wildman–Crippen LogP) is 14.7. The van der Waals surface area contributed by atoms with Crippen molar-refractivity contribution in [1.82, 2.24) is 9.13 Å². The molecule has 3 aromatic heterocycles. The molecule has 0 bridgehead atoms. The third kappa shape index (κ3) is 4.54. The lowest BCUT2D eigenvalue weighted by Gasteiger charge is -2.12. The van der Waals surface area contributed by atoms with Crippen LogP contribution in [0, 0.1) is 0 Å². The van der Waals surface area contributed by atoms with Crippen molar-refractivity contribution in [3.8, 4) is 33.6 Å². The molecule has 0 saturated heterocycles. The number of fused-ring (bicyclic) bond motifs is 11. The fourth-order valence-electron chi connectivity index (χ4n) is 9.00. The Balaban J connectivity index is 1.07. The largest absolute Gasteiger partial charge is 0.309 e. The molecular weight excluding hydrogens is 685 g/mol. The quantitative estimate of drug-likeness (QED) is 0.172. The van der Waals surface area contributed by atoms with E-state index in [1.807, 2.05) is 11.3 Å². The lowest BCUT2D eigenvalue weighted by Crippen LogP contribution is -1.95. The molecule has 0 aliphatic rings. The first-order valence-electron chi connectivity index (χ1n) is 18.8. The molecule has 0 aliphatic heterocycles. The number of aromatic nitrogens is 2. The van der Waals surface area contributed by atoms with Gasteiger partial charge in [0.15, 0.2) is 0 Å². The van der Waals surface area contributed by atoms with Crippen LogP contribution in [0.15, 0.2) is 194 Å². The molecule has 12 aromatic rings. The van der Waals surface area contributed by atoms with Crippen LogP contribution in [0.2, 0.25) is 0 Å². The van der Waals surface area contributed by atoms with Crippen molar-refractivity contribution in [2.75, 3.05) is 0 Å². The Labute approximate surface area is 321 Å². The smallest absolute Gasteiger partial charge is 0.0640 e. The molecule has 0 saturated carbocycles. The van der Waals surface area contributed by atoms with E-state index in [-0.39, 0.29) is 0 Å². The van der Waals surface area contributed by atoms with E-state index in [0.717, 1.165) is 5.69 Å². The van der Waals surface area contributed by atoms with Gasteiger partial charge in [0.25, 0.3) is 0 Å². The van der Waals surface area contributed by atoms with Crippen LogP contribution in [0.1, 0.15) is 0 Å². The molecule has 0 amide bonds. The highest BCUT2D eigenvalue weighted by Crippen LogP contribution is 2.43. The zero-order valence-electron chi connectivity index (χ0n) is 29.8. The zero-order valence-corrected chi connectivity index (χ0v) is 30.6. The van der Waals surface area contributed by atoms with Gasteiger partial charge in [-0.1, -0.05) is 140 Å². The number of hydrogen-bond donors (Lipinski definition) is 0. The molecule has 55 heavy (non-hydrogen) atoms. The summed E-state index contributed by atoms with van der Waals surface area (Å²) in [5.41, 5.74) is 12.1. The number of rotatable bonds is 4. The summed E-state index contributed by atoms with van der Waals surface area (Å²) < 4.78 is 7.58. The fourth-order valence-corrected chi connectivity index (χ4v) is 10.2. The van der Waals surface area contributed by atoms with Gasteiger partial charge in [0.2, 0.25) is 0 Å². The van der Waals surface area contributed by atoms with Gasteiger partial charge in [-0.05, 0) is 82.2 Å². The van der Waals surface area contributed by atoms with Crippen LogP contribution >= 0.6 is 11.3 Å². The van der Waals surface area contributed by atoms with Crippen molar-refractivity contribution < 1.29 is 0 Å². The molecule has 0 radical (unpaired) electrons. The Hall–Kier alpha value is -6.94. The molecule has 3 heteroatoms. The average molecular weight is 717 g/mol. The molecule has 3 heterocycles. The Bertz CT molecular complexity index is 3490. The fraction of sp³-hybridized carbons (Fsp3) is 0. The maximum Gasteiger partial charge on any atom is 0.0640 e. The molecule has 0 aliphatic carbocycles. The standard InChI is InChI=1S/C52H32N2S/c1-2-12-33(13-3-1)35-15-10-16-38(30-35)53-47-28-25-37(32-45(47)42-27-24-34-14-4-5-17-39(34)51(42)53)36-26-29-48-44(31-36)40-18-6-8-21-46(40)54(48)49-22-11-20-43-41-19-7-9-23-50(41)55-52(43)49/h1-32H. The molecule has 2 nitrogen and oxygen atoms in total. The Morgan fingerprint density at radius 2 is 0.945 bits per heavy atom. The van der Waals surface area contributed by atoms with Crippen molar-refractivity contribution in [2.24, 2.45) is 0 Å². The van der Waals surface area contributed by atoms with Gasteiger partial charge in [0.05, 0.1) is 32.5 Å². The van der Waals surface area contributed by atoms with E-state index in [2.05, 4.69) is 203 Å². The zero-order chi connectivity index (χ0) is 36.0. The molecule has 9 aromatic carbocycles. The predicted molar refractivity (Wildman–Crippen MR) is 236 cm³/mol. The summed E-state index contributed by atoms with van der Waals surface area (Å²) >= 11 is 1.88. The van der Waals surface area contributed by atoms with Crippen molar-refractivity contribution in [3.05, 3.63) is 194 Å². The second kappa shape index (κ2) is 11.8. The van der Waals surface area contributed by atoms with E-state index < -0.39 is 0 Å². The minimum Gasteiger partial charge on any atom is -0.309 e. The Morgan fingerprint density at radius 1 is 0.327 bits per heavy atom. The van der Waals surface area contributed by atoms with Crippen LogP contribution in [-0.4, -0.2) is 9.13 Å². The monoisotopic (exact) mass is 716 g/mol. The molecule has 0 spiro atoms. The highest BCUT2D eigenvalue weighted by molar-refractivity contribution is 7.26. The SMILES string of the molecule is c1ccc(-c2cccc(-n3c4ccc(-c5ccc6c(c5)c5ccccc5n6-c5cccc6c5sc5ccccc56)cc4c4ccc5ccccc5c43)c2)cc1. The number of nitrogens with zero attached hydrogens (tertiary/aromatic N) is 2. The Morgan fingerprint density at radius 3 is 1.80 bits per heavy atom. The van der Waals surface area contributed by atoms with E-state index in [1.54, 1.807) is 0 Å². The minimum atomic E-state index is 1.16. The van der Waals surface area contributed by atoms with E-state index in [1.165, 1.54) is 102 Å². The second-order valence-electron chi connectivity index (χ2n) is 14.5. The minimum absolute atomic E-state index is 1.16. The summed E-state index contributed by atoms with van der Waals surface area (Å²) in [5, 5.41) is 10.2. The second-order valence-corrected chi connectivity index (χ2v) is 15.6. The lowest BCUT2D eigenvalue weighted by atomic mass is 10.00. The highest BCUT2D eigenvalue weighted by atomic mass is 32.1. The van der Waals surface area contributed by atoms with Crippen molar-refractivity contribution in [2.45, 2.75) is 0 Å². The summed E-state index contributed by atoms with van der Waals surface area (Å²) in [6, 6.07) is 71.4. The van der Waals surface area contributed by atoms with Crippen molar-refractivity contribution >= 4 is 85.9 Å². The summed E-state index contributed by atoms with van der Waals surface area (Å²) in [6.45, 7) is 0. The van der Waals surface area contributed by atoms with Crippen molar-refractivity contribution in [3.63, 3.8) is 0 Å². The lowest BCUT2D eigenvalue weighted by molar-refractivity contribution is 1.19. The first-order chi connectivity index (χ1) is 27.3. The number of hydrogen-bond acceptors (Lipinski definition) is 1. The topological polar surface area (TPSA) is 9.86 Å². The van der Waals surface area contributed by atoms with Gasteiger partial charge < -0.3 is 9.13 Å². The van der Waals surface area contributed by atoms with Crippen LogP contribution in [0.3, 0.4) is 0 Å². The number of para-hydroxylation sites is 1. The van der Waals surface area contributed by atoms with Crippen LogP contribution in [0.4, 0.5) is 0 Å². The van der Waals surface area contributed by atoms with Gasteiger partial charge >= 0.3 is 0 Å². The molecule has 12 rings (SSSR count). The van der Waals surface area contributed by atoms with Crippen LogP contribution in [0.5, 0.6) is 0 Å². The summed E-state index contributed by atoms with van der Waals surface area (Å²) in [5.74, 6) is 0. The number of benzene rings is 9. The normalized spacial score (nSPS) is 12.0. The molecule has 0 N–H and O–H groups in total. The van der Waals surface area contributed by atoms with E-state index >= 15 is 0 Å². The summed E-state index contributed by atoms with van der Waals surface area (Å²) in [7, 11) is 0. The third-order valence-corrected chi connectivity index (χ3v) is 12.7. The Kier molecular flexibility index (Phi) is 6.54. The summed E-state index contributed by atoms with van der Waals surface area (Å²) in [4.78, 5) is 0. The van der Waals surface area contributed by atoms with E-state index in [0.29, 0.717) is 0 Å². The first-order valence-corrected chi connectivity index (χ1v) is 19.7. The maximum atomic E-state index is 2.47. The molecule has 256 valence electrons. The van der Waals surface area contributed by atoms with Crippen molar-refractivity contribution in [1.29, 1.82) is 0 Å². The summed E-state index contributed by atoms with van der Waals surface area (Å²) in [6.07, 6.45) is 0. The van der Waals surface area contributed by atoms with E-state index in [9.17, 15) is 0 Å². The molecule has 0 atom stereocenters. The number of thiophene rings is 1. The highest BCUT2D eigenvalue weighted by Gasteiger charge is 2.19.